The molecule has 1 atom stereocenters. The Labute approximate surface area is 172 Å². The Morgan fingerprint density at radius 2 is 1.72 bits per heavy atom. The van der Waals surface area contributed by atoms with Crippen molar-refractivity contribution in [2.75, 3.05) is 5.75 Å². The number of nitrogens with zero attached hydrogens (tertiary/aromatic N) is 2. The van der Waals surface area contributed by atoms with Gasteiger partial charge in [-0.15, -0.1) is 0 Å². The van der Waals surface area contributed by atoms with E-state index in [0.717, 1.165) is 16.3 Å². The monoisotopic (exact) mass is 403 g/mol. The molecule has 0 unspecified atom stereocenters. The van der Waals surface area contributed by atoms with E-state index >= 15 is 0 Å². The van der Waals surface area contributed by atoms with Crippen LogP contribution in [0.3, 0.4) is 0 Å². The summed E-state index contributed by atoms with van der Waals surface area (Å²) in [6.07, 6.45) is 0. The summed E-state index contributed by atoms with van der Waals surface area (Å²) in [6.45, 7) is 1.95. The van der Waals surface area contributed by atoms with Crippen LogP contribution in [-0.2, 0) is 11.8 Å². The van der Waals surface area contributed by atoms with Crippen LogP contribution < -0.4 is 10.9 Å². The number of hydrogen-bond donors (Lipinski definition) is 1. The van der Waals surface area contributed by atoms with E-state index in [2.05, 4.69) is 10.3 Å². The third-order valence-electron chi connectivity index (χ3n) is 4.91. The van der Waals surface area contributed by atoms with Crippen LogP contribution >= 0.6 is 11.8 Å². The van der Waals surface area contributed by atoms with E-state index in [-0.39, 0.29) is 23.3 Å². The number of hydrogen-bond acceptors (Lipinski definition) is 4. The first kappa shape index (κ1) is 19.2. The standard InChI is InChI=1S/C23H21N3O2S/c1-15(16-8-4-3-5-9-16)24-21(27)14-29-23-25-20-13-18-11-7-6-10-17(18)12-19(20)22(28)26(23)2/h3-13,15H,14H2,1-2H3,(H,24,27)/t15-/m0/s1. The molecule has 0 saturated heterocycles. The van der Waals surface area contributed by atoms with Gasteiger partial charge in [0.25, 0.3) is 5.56 Å². The van der Waals surface area contributed by atoms with Gasteiger partial charge in [0.15, 0.2) is 5.16 Å². The molecule has 0 bridgehead atoms. The molecular weight excluding hydrogens is 382 g/mol. The molecule has 1 aromatic heterocycles. The van der Waals surface area contributed by atoms with Crippen molar-refractivity contribution in [3.05, 3.63) is 82.6 Å². The first-order valence-corrected chi connectivity index (χ1v) is 10.4. The van der Waals surface area contributed by atoms with Crippen molar-refractivity contribution in [3.8, 4) is 0 Å². The highest BCUT2D eigenvalue weighted by molar-refractivity contribution is 7.99. The maximum absolute atomic E-state index is 12.8. The molecule has 146 valence electrons. The number of nitrogens with one attached hydrogen (secondary N) is 1. The van der Waals surface area contributed by atoms with Crippen LogP contribution in [0.1, 0.15) is 18.5 Å². The number of carbonyl (C=O) groups excluding carboxylic acids is 1. The molecule has 0 saturated carbocycles. The summed E-state index contributed by atoms with van der Waals surface area (Å²) >= 11 is 1.27. The van der Waals surface area contributed by atoms with Gasteiger partial charge in [0.05, 0.1) is 22.7 Å². The average Bonchev–Trinajstić information content (AvgIpc) is 2.75. The molecule has 0 radical (unpaired) electrons. The first-order valence-electron chi connectivity index (χ1n) is 9.39. The highest BCUT2D eigenvalue weighted by Crippen LogP contribution is 2.22. The molecule has 4 rings (SSSR count). The van der Waals surface area contributed by atoms with E-state index in [9.17, 15) is 9.59 Å². The molecule has 29 heavy (non-hydrogen) atoms. The maximum atomic E-state index is 12.8. The van der Waals surface area contributed by atoms with Gasteiger partial charge in [-0.05, 0) is 35.4 Å². The van der Waals surface area contributed by atoms with Crippen LogP contribution in [0.25, 0.3) is 21.7 Å². The summed E-state index contributed by atoms with van der Waals surface area (Å²) in [5.41, 5.74) is 1.59. The van der Waals surface area contributed by atoms with E-state index in [4.69, 9.17) is 0 Å². The summed E-state index contributed by atoms with van der Waals surface area (Å²) in [5.74, 6) is 0.0931. The molecule has 1 amide bonds. The molecule has 1 N–H and O–H groups in total. The molecule has 5 nitrogen and oxygen atoms in total. The second kappa shape index (κ2) is 8.09. The predicted molar refractivity (Wildman–Crippen MR) is 118 cm³/mol. The van der Waals surface area contributed by atoms with Crippen LogP contribution in [0.15, 0.2) is 76.7 Å². The molecule has 0 aliphatic heterocycles. The van der Waals surface area contributed by atoms with Crippen molar-refractivity contribution in [2.24, 2.45) is 7.05 Å². The molecule has 0 aliphatic carbocycles. The lowest BCUT2D eigenvalue weighted by Crippen LogP contribution is -2.28. The zero-order chi connectivity index (χ0) is 20.4. The van der Waals surface area contributed by atoms with E-state index < -0.39 is 0 Å². The van der Waals surface area contributed by atoms with Crippen molar-refractivity contribution < 1.29 is 4.79 Å². The zero-order valence-corrected chi connectivity index (χ0v) is 17.1. The molecule has 0 aliphatic rings. The number of thioether (sulfide) groups is 1. The quantitative estimate of drug-likeness (QED) is 0.310. The fraction of sp³-hybridized carbons (Fsp3) is 0.174. The van der Waals surface area contributed by atoms with Gasteiger partial charge < -0.3 is 5.32 Å². The molecule has 0 fully saturated rings. The van der Waals surface area contributed by atoms with Crippen LogP contribution in [0.2, 0.25) is 0 Å². The lowest BCUT2D eigenvalue weighted by Gasteiger charge is -2.14. The van der Waals surface area contributed by atoms with E-state index in [1.54, 1.807) is 7.05 Å². The van der Waals surface area contributed by atoms with Crippen LogP contribution in [-0.4, -0.2) is 21.2 Å². The third kappa shape index (κ3) is 4.03. The highest BCUT2D eigenvalue weighted by atomic mass is 32.2. The van der Waals surface area contributed by atoms with Gasteiger partial charge >= 0.3 is 0 Å². The van der Waals surface area contributed by atoms with E-state index in [1.165, 1.54) is 16.3 Å². The van der Waals surface area contributed by atoms with Gasteiger partial charge in [-0.1, -0.05) is 66.4 Å². The van der Waals surface area contributed by atoms with Crippen molar-refractivity contribution in [1.29, 1.82) is 0 Å². The molecule has 0 spiro atoms. The van der Waals surface area contributed by atoms with Gasteiger partial charge in [-0.2, -0.15) is 0 Å². The van der Waals surface area contributed by atoms with Gasteiger partial charge in [-0.25, -0.2) is 4.98 Å². The van der Waals surface area contributed by atoms with Gasteiger partial charge in [0.1, 0.15) is 0 Å². The largest absolute Gasteiger partial charge is 0.349 e. The average molecular weight is 404 g/mol. The van der Waals surface area contributed by atoms with Crippen molar-refractivity contribution >= 4 is 39.3 Å². The van der Waals surface area contributed by atoms with Crippen molar-refractivity contribution in [3.63, 3.8) is 0 Å². The van der Waals surface area contributed by atoms with Crippen LogP contribution in [0, 0.1) is 0 Å². The summed E-state index contributed by atoms with van der Waals surface area (Å²) < 4.78 is 1.51. The number of amides is 1. The van der Waals surface area contributed by atoms with Crippen LogP contribution in [0.4, 0.5) is 0 Å². The third-order valence-corrected chi connectivity index (χ3v) is 5.94. The fourth-order valence-corrected chi connectivity index (χ4v) is 4.09. The second-order valence-electron chi connectivity index (χ2n) is 6.96. The molecule has 3 aromatic carbocycles. The minimum absolute atomic E-state index is 0.0796. The number of carbonyl (C=O) groups is 1. The first-order chi connectivity index (χ1) is 14.0. The normalized spacial score (nSPS) is 12.2. The fourth-order valence-electron chi connectivity index (χ4n) is 3.31. The van der Waals surface area contributed by atoms with Gasteiger partial charge in [0, 0.05) is 7.05 Å². The summed E-state index contributed by atoms with van der Waals surface area (Å²) in [5, 5.41) is 6.14. The van der Waals surface area contributed by atoms with Crippen LogP contribution in [0.5, 0.6) is 0 Å². The van der Waals surface area contributed by atoms with E-state index in [0.29, 0.717) is 16.1 Å². The highest BCUT2D eigenvalue weighted by Gasteiger charge is 2.13. The Morgan fingerprint density at radius 1 is 1.07 bits per heavy atom. The summed E-state index contributed by atoms with van der Waals surface area (Å²) in [4.78, 5) is 29.8. The number of fused-ring (bicyclic) bond motifs is 2. The number of rotatable bonds is 5. The molecule has 4 aromatic rings. The lowest BCUT2D eigenvalue weighted by atomic mass is 10.1. The maximum Gasteiger partial charge on any atom is 0.261 e. The number of benzene rings is 3. The van der Waals surface area contributed by atoms with Crippen molar-refractivity contribution in [1.82, 2.24) is 14.9 Å². The minimum atomic E-state index is -0.110. The Morgan fingerprint density at radius 3 is 2.45 bits per heavy atom. The summed E-state index contributed by atoms with van der Waals surface area (Å²) in [7, 11) is 1.69. The molecular formula is C23H21N3O2S. The molecule has 6 heteroatoms. The van der Waals surface area contributed by atoms with Gasteiger partial charge in [0.2, 0.25) is 5.91 Å². The lowest BCUT2D eigenvalue weighted by molar-refractivity contribution is -0.119. The smallest absolute Gasteiger partial charge is 0.261 e. The Balaban J connectivity index is 1.54. The molecule has 1 heterocycles. The second-order valence-corrected chi connectivity index (χ2v) is 7.91. The van der Waals surface area contributed by atoms with Crippen molar-refractivity contribution in [2.45, 2.75) is 18.1 Å². The SMILES string of the molecule is C[C@H](NC(=O)CSc1nc2cc3ccccc3cc2c(=O)n1C)c1ccccc1. The Kier molecular flexibility index (Phi) is 5.36. The minimum Gasteiger partial charge on any atom is -0.349 e. The number of aromatic nitrogens is 2. The van der Waals surface area contributed by atoms with E-state index in [1.807, 2.05) is 73.7 Å². The predicted octanol–water partition coefficient (Wildman–Crippen LogP) is 4.06. The van der Waals surface area contributed by atoms with Gasteiger partial charge in [-0.3, -0.25) is 14.2 Å². The Hall–Kier alpha value is -3.12. The topological polar surface area (TPSA) is 64.0 Å². The zero-order valence-electron chi connectivity index (χ0n) is 16.3. The summed E-state index contributed by atoms with van der Waals surface area (Å²) in [6, 6.07) is 21.4. The Bertz CT molecular complexity index is 1250.